The van der Waals surface area contributed by atoms with Crippen molar-refractivity contribution in [1.29, 1.82) is 0 Å². The third-order valence-electron chi connectivity index (χ3n) is 1.84. The largest absolute Gasteiger partial charge is 0.478 e. The van der Waals surface area contributed by atoms with Gasteiger partial charge < -0.3 is 16.6 Å². The highest BCUT2D eigenvalue weighted by Crippen LogP contribution is 2.14. The normalized spacial score (nSPS) is 12.5. The van der Waals surface area contributed by atoms with Crippen molar-refractivity contribution in [3.8, 4) is 0 Å². The zero-order chi connectivity index (χ0) is 9.84. The standard InChI is InChI=1S/C9H12N2O2/c10-5-8(11)6-3-1-2-4-7(6)9(12)13/h1-4,8H,5,10-11H2,(H,12,13)/t8-/m1/s1. The minimum Gasteiger partial charge on any atom is -0.478 e. The zero-order valence-corrected chi connectivity index (χ0v) is 7.10. The fraction of sp³-hybridized carbons (Fsp3) is 0.222. The lowest BCUT2D eigenvalue weighted by Gasteiger charge is -2.11. The molecule has 4 heteroatoms. The molecule has 0 fully saturated rings. The van der Waals surface area contributed by atoms with E-state index in [2.05, 4.69) is 0 Å². The average Bonchev–Trinajstić information content (AvgIpc) is 2.16. The third kappa shape index (κ3) is 2.05. The van der Waals surface area contributed by atoms with Gasteiger partial charge in [0, 0.05) is 12.6 Å². The molecule has 0 aliphatic heterocycles. The molecule has 0 heterocycles. The Hall–Kier alpha value is -1.39. The van der Waals surface area contributed by atoms with Crippen LogP contribution in [0.4, 0.5) is 0 Å². The minimum atomic E-state index is -0.973. The van der Waals surface area contributed by atoms with E-state index in [9.17, 15) is 4.79 Å². The second-order valence-corrected chi connectivity index (χ2v) is 2.73. The summed E-state index contributed by atoms with van der Waals surface area (Å²) in [5, 5.41) is 8.81. The smallest absolute Gasteiger partial charge is 0.336 e. The van der Waals surface area contributed by atoms with E-state index in [4.69, 9.17) is 16.6 Å². The molecular formula is C9H12N2O2. The first-order valence-electron chi connectivity index (χ1n) is 3.94. The summed E-state index contributed by atoms with van der Waals surface area (Å²) in [6.07, 6.45) is 0. The predicted octanol–water partition coefficient (Wildman–Crippen LogP) is 0.343. The number of rotatable bonds is 3. The Kier molecular flexibility index (Phi) is 3.00. The number of aromatic carboxylic acids is 1. The molecular weight excluding hydrogens is 168 g/mol. The van der Waals surface area contributed by atoms with Crippen molar-refractivity contribution < 1.29 is 9.90 Å². The van der Waals surface area contributed by atoms with E-state index in [1.165, 1.54) is 6.07 Å². The summed E-state index contributed by atoms with van der Waals surface area (Å²) in [4.78, 5) is 10.7. The first-order valence-corrected chi connectivity index (χ1v) is 3.94. The number of carboxylic acid groups (broad SMARTS) is 1. The molecule has 1 atom stereocenters. The molecule has 5 N–H and O–H groups in total. The maximum Gasteiger partial charge on any atom is 0.336 e. The fourth-order valence-corrected chi connectivity index (χ4v) is 1.14. The second kappa shape index (κ2) is 4.02. The van der Waals surface area contributed by atoms with Crippen LogP contribution in [0.15, 0.2) is 24.3 Å². The van der Waals surface area contributed by atoms with Crippen LogP contribution in [0, 0.1) is 0 Å². The minimum absolute atomic E-state index is 0.223. The fourth-order valence-electron chi connectivity index (χ4n) is 1.14. The summed E-state index contributed by atoms with van der Waals surface area (Å²) >= 11 is 0. The highest BCUT2D eigenvalue weighted by atomic mass is 16.4. The van der Waals surface area contributed by atoms with Crippen molar-refractivity contribution in [2.45, 2.75) is 6.04 Å². The lowest BCUT2D eigenvalue weighted by Crippen LogP contribution is -2.23. The van der Waals surface area contributed by atoms with Crippen LogP contribution in [0.2, 0.25) is 0 Å². The van der Waals surface area contributed by atoms with Crippen molar-refractivity contribution in [3.63, 3.8) is 0 Å². The Bertz CT molecular complexity index is 312. The molecule has 0 amide bonds. The molecule has 0 bridgehead atoms. The summed E-state index contributed by atoms with van der Waals surface area (Å²) in [5.41, 5.74) is 11.8. The van der Waals surface area contributed by atoms with Gasteiger partial charge in [0.15, 0.2) is 0 Å². The number of hydrogen-bond acceptors (Lipinski definition) is 3. The number of carboxylic acids is 1. The molecule has 0 aliphatic rings. The van der Waals surface area contributed by atoms with Gasteiger partial charge in [0.1, 0.15) is 0 Å². The lowest BCUT2D eigenvalue weighted by atomic mass is 10.0. The summed E-state index contributed by atoms with van der Waals surface area (Å²) < 4.78 is 0. The quantitative estimate of drug-likeness (QED) is 0.625. The Morgan fingerprint density at radius 1 is 1.46 bits per heavy atom. The first kappa shape index (κ1) is 9.70. The van der Waals surface area contributed by atoms with Crippen LogP contribution in [-0.4, -0.2) is 17.6 Å². The van der Waals surface area contributed by atoms with Gasteiger partial charge in [-0.3, -0.25) is 0 Å². The van der Waals surface area contributed by atoms with Gasteiger partial charge >= 0.3 is 5.97 Å². The predicted molar refractivity (Wildman–Crippen MR) is 49.4 cm³/mol. The summed E-state index contributed by atoms with van der Waals surface area (Å²) in [6.45, 7) is 0.240. The van der Waals surface area contributed by atoms with Crippen molar-refractivity contribution in [1.82, 2.24) is 0 Å². The summed E-state index contributed by atoms with van der Waals surface area (Å²) in [5.74, 6) is -0.973. The maximum absolute atomic E-state index is 10.7. The number of carbonyl (C=O) groups is 1. The molecule has 0 radical (unpaired) electrons. The van der Waals surface area contributed by atoms with Gasteiger partial charge in [-0.2, -0.15) is 0 Å². The highest BCUT2D eigenvalue weighted by molar-refractivity contribution is 5.89. The number of hydrogen-bond donors (Lipinski definition) is 3. The topological polar surface area (TPSA) is 89.3 Å². The van der Waals surface area contributed by atoms with Crippen LogP contribution in [-0.2, 0) is 0 Å². The van der Waals surface area contributed by atoms with Crippen LogP contribution >= 0.6 is 0 Å². The monoisotopic (exact) mass is 180 g/mol. The van der Waals surface area contributed by atoms with Gasteiger partial charge in [0.05, 0.1) is 5.56 Å². The molecule has 1 aromatic carbocycles. The summed E-state index contributed by atoms with van der Waals surface area (Å²) in [6, 6.07) is 6.20. The Labute approximate surface area is 76.2 Å². The van der Waals surface area contributed by atoms with E-state index in [1.54, 1.807) is 18.2 Å². The van der Waals surface area contributed by atoms with Crippen LogP contribution in [0.25, 0.3) is 0 Å². The van der Waals surface area contributed by atoms with Crippen LogP contribution in [0.3, 0.4) is 0 Å². The van der Waals surface area contributed by atoms with Crippen molar-refractivity contribution in [2.24, 2.45) is 11.5 Å². The zero-order valence-electron chi connectivity index (χ0n) is 7.10. The molecule has 1 aromatic rings. The van der Waals surface area contributed by atoms with E-state index in [0.29, 0.717) is 5.56 Å². The molecule has 0 spiro atoms. The van der Waals surface area contributed by atoms with Crippen molar-refractivity contribution in [3.05, 3.63) is 35.4 Å². The maximum atomic E-state index is 10.7. The average molecular weight is 180 g/mol. The summed E-state index contributed by atoms with van der Waals surface area (Å²) in [7, 11) is 0. The SMILES string of the molecule is NC[C@@H](N)c1ccccc1C(=O)O. The molecule has 1 rings (SSSR count). The molecule has 70 valence electrons. The second-order valence-electron chi connectivity index (χ2n) is 2.73. The molecule has 4 nitrogen and oxygen atoms in total. The van der Waals surface area contributed by atoms with E-state index in [1.807, 2.05) is 0 Å². The van der Waals surface area contributed by atoms with Gasteiger partial charge in [0.2, 0.25) is 0 Å². The molecule has 13 heavy (non-hydrogen) atoms. The first-order chi connectivity index (χ1) is 6.16. The van der Waals surface area contributed by atoms with Gasteiger partial charge in [-0.1, -0.05) is 18.2 Å². The molecule has 0 saturated heterocycles. The van der Waals surface area contributed by atoms with Crippen molar-refractivity contribution >= 4 is 5.97 Å². The van der Waals surface area contributed by atoms with E-state index >= 15 is 0 Å². The van der Waals surface area contributed by atoms with E-state index in [0.717, 1.165) is 0 Å². The lowest BCUT2D eigenvalue weighted by molar-refractivity contribution is 0.0695. The van der Waals surface area contributed by atoms with Gasteiger partial charge in [0.25, 0.3) is 0 Å². The van der Waals surface area contributed by atoms with Crippen LogP contribution in [0.1, 0.15) is 22.0 Å². The molecule has 0 aromatic heterocycles. The van der Waals surface area contributed by atoms with E-state index < -0.39 is 12.0 Å². The molecule has 0 aliphatic carbocycles. The highest BCUT2D eigenvalue weighted by Gasteiger charge is 2.13. The van der Waals surface area contributed by atoms with Gasteiger partial charge in [-0.15, -0.1) is 0 Å². The molecule has 0 saturated carbocycles. The Morgan fingerprint density at radius 2 is 2.08 bits per heavy atom. The third-order valence-corrected chi connectivity index (χ3v) is 1.84. The molecule has 0 unspecified atom stereocenters. The Morgan fingerprint density at radius 3 is 2.62 bits per heavy atom. The van der Waals surface area contributed by atoms with Gasteiger partial charge in [-0.25, -0.2) is 4.79 Å². The number of benzene rings is 1. The van der Waals surface area contributed by atoms with Gasteiger partial charge in [-0.05, 0) is 11.6 Å². The number of nitrogens with two attached hydrogens (primary N) is 2. The Balaban J connectivity index is 3.11. The van der Waals surface area contributed by atoms with E-state index in [-0.39, 0.29) is 12.1 Å². The van der Waals surface area contributed by atoms with Crippen LogP contribution in [0.5, 0.6) is 0 Å². The van der Waals surface area contributed by atoms with Crippen molar-refractivity contribution in [2.75, 3.05) is 6.54 Å². The van der Waals surface area contributed by atoms with Crippen LogP contribution < -0.4 is 11.5 Å².